The summed E-state index contributed by atoms with van der Waals surface area (Å²) in [5.41, 5.74) is 0. The Hall–Kier alpha value is -1.10. The van der Waals surface area contributed by atoms with Crippen LogP contribution in [-0.2, 0) is 9.59 Å². The van der Waals surface area contributed by atoms with Crippen molar-refractivity contribution in [2.24, 2.45) is 5.92 Å². The fraction of sp³-hybridized carbons (Fsp3) is 0.833. The number of nitrogens with one attached hydrogen (secondary N) is 1. The first-order valence-electron chi connectivity index (χ1n) is 6.34. The highest BCUT2D eigenvalue weighted by atomic mass is 16.2. The Balaban J connectivity index is 1.89. The predicted molar refractivity (Wildman–Crippen MR) is 64.4 cm³/mol. The number of hydrogen-bond acceptors (Lipinski definition) is 3. The smallest absolute Gasteiger partial charge is 0.241 e. The van der Waals surface area contributed by atoms with Crippen molar-refractivity contribution in [3.05, 3.63) is 0 Å². The summed E-state index contributed by atoms with van der Waals surface area (Å²) in [6.45, 7) is 4.47. The van der Waals surface area contributed by atoms with Crippen LogP contribution in [0.5, 0.6) is 0 Å². The summed E-state index contributed by atoms with van der Waals surface area (Å²) < 4.78 is 0. The van der Waals surface area contributed by atoms with Crippen LogP contribution in [0.15, 0.2) is 0 Å². The monoisotopic (exact) mass is 239 g/mol. The Morgan fingerprint density at radius 3 is 2.71 bits per heavy atom. The molecule has 0 spiro atoms. The highest BCUT2D eigenvalue weighted by molar-refractivity contribution is 5.87. The average Bonchev–Trinajstić information content (AvgIpc) is 2.33. The Morgan fingerprint density at radius 1 is 1.35 bits per heavy atom. The van der Waals surface area contributed by atoms with Crippen LogP contribution in [0.2, 0.25) is 0 Å². The van der Waals surface area contributed by atoms with Gasteiger partial charge in [-0.15, -0.1) is 0 Å². The Bertz CT molecular complexity index is 311. The van der Waals surface area contributed by atoms with Gasteiger partial charge in [-0.25, -0.2) is 0 Å². The third-order valence-corrected chi connectivity index (χ3v) is 3.78. The van der Waals surface area contributed by atoms with Crippen LogP contribution in [0.3, 0.4) is 0 Å². The number of carbonyl (C=O) groups excluding carboxylic acids is 2. The van der Waals surface area contributed by atoms with Crippen LogP contribution in [0.1, 0.15) is 19.8 Å². The average molecular weight is 239 g/mol. The van der Waals surface area contributed by atoms with Crippen molar-refractivity contribution in [2.45, 2.75) is 25.8 Å². The zero-order valence-electron chi connectivity index (χ0n) is 10.6. The lowest BCUT2D eigenvalue weighted by Crippen LogP contribution is -2.54. The summed E-state index contributed by atoms with van der Waals surface area (Å²) in [4.78, 5) is 27.2. The Kier molecular flexibility index (Phi) is 3.66. The molecule has 2 unspecified atom stereocenters. The van der Waals surface area contributed by atoms with Crippen molar-refractivity contribution in [1.82, 2.24) is 15.1 Å². The largest absolute Gasteiger partial charge is 0.342 e. The molecule has 2 saturated heterocycles. The lowest BCUT2D eigenvalue weighted by atomic mass is 9.94. The maximum Gasteiger partial charge on any atom is 0.241 e. The summed E-state index contributed by atoms with van der Waals surface area (Å²) in [5, 5.41) is 3.33. The lowest BCUT2D eigenvalue weighted by Gasteiger charge is -2.36. The first-order valence-corrected chi connectivity index (χ1v) is 6.34. The van der Waals surface area contributed by atoms with Gasteiger partial charge in [-0.3, -0.25) is 9.59 Å². The van der Waals surface area contributed by atoms with Crippen LogP contribution in [-0.4, -0.2) is 60.9 Å². The Labute approximate surface area is 102 Å². The van der Waals surface area contributed by atoms with E-state index in [1.807, 2.05) is 0 Å². The molecule has 2 fully saturated rings. The second-order valence-corrected chi connectivity index (χ2v) is 5.16. The summed E-state index contributed by atoms with van der Waals surface area (Å²) in [5.74, 6) is 0.245. The van der Waals surface area contributed by atoms with Gasteiger partial charge in [0.15, 0.2) is 0 Å². The molecule has 0 radical (unpaired) electrons. The first-order chi connectivity index (χ1) is 8.08. The first kappa shape index (κ1) is 12.4. The van der Waals surface area contributed by atoms with Crippen LogP contribution in [0, 0.1) is 5.92 Å². The normalized spacial score (nSPS) is 30.6. The maximum atomic E-state index is 12.2. The molecule has 0 aromatic carbocycles. The van der Waals surface area contributed by atoms with Gasteiger partial charge < -0.3 is 15.1 Å². The minimum atomic E-state index is 0.0433. The lowest BCUT2D eigenvalue weighted by molar-refractivity contribution is -0.147. The van der Waals surface area contributed by atoms with Crippen molar-refractivity contribution >= 4 is 11.8 Å². The van der Waals surface area contributed by atoms with Crippen LogP contribution in [0.25, 0.3) is 0 Å². The molecule has 0 bridgehead atoms. The zero-order valence-corrected chi connectivity index (χ0v) is 10.6. The fourth-order valence-corrected chi connectivity index (χ4v) is 2.41. The third kappa shape index (κ3) is 2.77. The van der Waals surface area contributed by atoms with E-state index in [1.165, 1.54) is 0 Å². The van der Waals surface area contributed by atoms with Crippen molar-refractivity contribution in [1.29, 1.82) is 0 Å². The molecule has 2 aliphatic heterocycles. The second-order valence-electron chi connectivity index (χ2n) is 5.16. The van der Waals surface area contributed by atoms with Gasteiger partial charge in [0.05, 0.1) is 12.5 Å². The summed E-state index contributed by atoms with van der Waals surface area (Å²) in [6, 6.07) is 0.508. The van der Waals surface area contributed by atoms with Crippen LogP contribution < -0.4 is 5.32 Å². The topological polar surface area (TPSA) is 52.7 Å². The quantitative estimate of drug-likeness (QED) is 0.682. The molecule has 2 amide bonds. The SMILES string of the molecule is CC1CCC(C(=O)N2CCN(C)C(=O)C2)CN1. The van der Waals surface area contributed by atoms with Crippen LogP contribution in [0.4, 0.5) is 0 Å². The number of nitrogens with zero attached hydrogens (tertiary/aromatic N) is 2. The molecule has 0 aromatic rings. The highest BCUT2D eigenvalue weighted by Crippen LogP contribution is 2.17. The molecule has 1 N–H and O–H groups in total. The van der Waals surface area contributed by atoms with E-state index >= 15 is 0 Å². The number of hydrogen-bond donors (Lipinski definition) is 1. The highest BCUT2D eigenvalue weighted by Gasteiger charge is 2.31. The molecule has 0 saturated carbocycles. The van der Waals surface area contributed by atoms with E-state index in [-0.39, 0.29) is 24.3 Å². The second kappa shape index (κ2) is 5.04. The maximum absolute atomic E-state index is 12.2. The van der Waals surface area contributed by atoms with Gasteiger partial charge >= 0.3 is 0 Å². The molecule has 2 rings (SSSR count). The van der Waals surface area contributed by atoms with Crippen molar-refractivity contribution in [2.75, 3.05) is 33.2 Å². The van der Waals surface area contributed by atoms with E-state index < -0.39 is 0 Å². The minimum Gasteiger partial charge on any atom is -0.342 e. The van der Waals surface area contributed by atoms with Crippen molar-refractivity contribution in [3.63, 3.8) is 0 Å². The number of rotatable bonds is 1. The number of amides is 2. The van der Waals surface area contributed by atoms with E-state index in [4.69, 9.17) is 0 Å². The van der Waals surface area contributed by atoms with E-state index in [0.717, 1.165) is 19.4 Å². The minimum absolute atomic E-state index is 0.0433. The molecule has 17 heavy (non-hydrogen) atoms. The molecule has 2 heterocycles. The molecular formula is C12H21N3O2. The molecule has 5 heteroatoms. The fourth-order valence-electron chi connectivity index (χ4n) is 2.41. The van der Waals surface area contributed by atoms with Gasteiger partial charge in [0.1, 0.15) is 0 Å². The molecular weight excluding hydrogens is 218 g/mol. The summed E-state index contributed by atoms with van der Waals surface area (Å²) in [6.07, 6.45) is 1.98. The summed E-state index contributed by atoms with van der Waals surface area (Å²) in [7, 11) is 1.79. The molecule has 5 nitrogen and oxygen atoms in total. The Morgan fingerprint density at radius 2 is 2.12 bits per heavy atom. The molecule has 2 aliphatic rings. The standard InChI is InChI=1S/C12H21N3O2/c1-9-3-4-10(7-13-9)12(17)15-6-5-14(2)11(16)8-15/h9-10,13H,3-8H2,1-2H3. The van der Waals surface area contributed by atoms with Gasteiger partial charge in [0.25, 0.3) is 0 Å². The third-order valence-electron chi connectivity index (χ3n) is 3.78. The van der Waals surface area contributed by atoms with Crippen LogP contribution >= 0.6 is 0 Å². The van der Waals surface area contributed by atoms with E-state index in [1.54, 1.807) is 16.8 Å². The molecule has 96 valence electrons. The molecule has 0 aliphatic carbocycles. The zero-order chi connectivity index (χ0) is 12.4. The number of likely N-dealkylation sites (N-methyl/N-ethyl adjacent to an activating group) is 1. The van der Waals surface area contributed by atoms with E-state index in [2.05, 4.69) is 12.2 Å². The van der Waals surface area contributed by atoms with Crippen molar-refractivity contribution < 1.29 is 9.59 Å². The van der Waals surface area contributed by atoms with Crippen molar-refractivity contribution in [3.8, 4) is 0 Å². The van der Waals surface area contributed by atoms with Gasteiger partial charge in [-0.05, 0) is 19.8 Å². The number of carbonyl (C=O) groups is 2. The van der Waals surface area contributed by atoms with Gasteiger partial charge in [-0.2, -0.15) is 0 Å². The molecule has 2 atom stereocenters. The van der Waals surface area contributed by atoms with E-state index in [0.29, 0.717) is 19.1 Å². The number of piperazine rings is 1. The van der Waals surface area contributed by atoms with Gasteiger partial charge in [0, 0.05) is 32.7 Å². The van der Waals surface area contributed by atoms with Gasteiger partial charge in [0.2, 0.25) is 11.8 Å². The van der Waals surface area contributed by atoms with Gasteiger partial charge in [-0.1, -0.05) is 0 Å². The van der Waals surface area contributed by atoms with E-state index in [9.17, 15) is 9.59 Å². The molecule has 0 aromatic heterocycles. The summed E-state index contributed by atoms with van der Waals surface area (Å²) >= 11 is 0. The predicted octanol–water partition coefficient (Wildman–Crippen LogP) is -0.325. The number of piperidine rings is 1.